The molecule has 1 N–H and O–H groups in total. The number of aromatic hydroxyl groups is 1. The molecule has 0 bridgehead atoms. The third-order valence-electron chi connectivity index (χ3n) is 4.03. The summed E-state index contributed by atoms with van der Waals surface area (Å²) < 4.78 is 0. The number of phenolic OH excluding ortho intramolecular Hbond substituents is 1. The summed E-state index contributed by atoms with van der Waals surface area (Å²) in [5, 5.41) is 14.5. The van der Waals surface area contributed by atoms with Gasteiger partial charge in [0, 0.05) is 0 Å². The lowest BCUT2D eigenvalue weighted by Gasteiger charge is -2.11. The van der Waals surface area contributed by atoms with Crippen molar-refractivity contribution in [3.05, 3.63) is 54.1 Å². The van der Waals surface area contributed by atoms with Gasteiger partial charge in [0.1, 0.15) is 5.75 Å². The molecule has 0 spiro atoms. The highest BCUT2D eigenvalue weighted by Gasteiger charge is 2.06. The van der Waals surface area contributed by atoms with Crippen LogP contribution in [-0.2, 0) is 0 Å². The minimum Gasteiger partial charge on any atom is -0.508 e. The summed E-state index contributed by atoms with van der Waals surface area (Å²) in [6, 6.07) is 16.5. The first-order valence-corrected chi connectivity index (χ1v) is 6.84. The van der Waals surface area contributed by atoms with E-state index in [1.165, 1.54) is 21.7 Å². The highest BCUT2D eigenvalue weighted by atomic mass is 16.3. The molecule has 0 saturated heterocycles. The molecule has 3 rings (SSSR count). The number of fused-ring (bicyclic) bond motifs is 3. The molecule has 0 saturated carbocycles. The minimum absolute atomic E-state index is 0.328. The Bertz CT molecular complexity index is 743. The van der Waals surface area contributed by atoms with Gasteiger partial charge in [0.05, 0.1) is 0 Å². The Balaban J connectivity index is 2.34. The second-order valence-electron chi connectivity index (χ2n) is 5.26. The van der Waals surface area contributed by atoms with Gasteiger partial charge >= 0.3 is 0 Å². The molecule has 19 heavy (non-hydrogen) atoms. The van der Waals surface area contributed by atoms with Crippen LogP contribution in [-0.4, -0.2) is 5.11 Å². The summed E-state index contributed by atoms with van der Waals surface area (Å²) in [7, 11) is 0. The van der Waals surface area contributed by atoms with Crippen molar-refractivity contribution < 1.29 is 5.11 Å². The first-order valence-electron chi connectivity index (χ1n) is 6.84. The van der Waals surface area contributed by atoms with Crippen LogP contribution in [0.15, 0.2) is 48.5 Å². The standard InChI is InChI=1S/C18H18O/c1-3-12(2)15-7-6-13-4-5-14-8-9-16(19)11-18(14)17(13)10-15/h4-12,19H,3H2,1-2H3. The van der Waals surface area contributed by atoms with E-state index >= 15 is 0 Å². The van der Waals surface area contributed by atoms with Crippen LogP contribution in [0.25, 0.3) is 21.5 Å². The van der Waals surface area contributed by atoms with Crippen LogP contribution in [0, 0.1) is 0 Å². The Morgan fingerprint density at radius 1 is 0.895 bits per heavy atom. The predicted molar refractivity (Wildman–Crippen MR) is 81.8 cm³/mol. The van der Waals surface area contributed by atoms with Gasteiger partial charge < -0.3 is 5.11 Å². The highest BCUT2D eigenvalue weighted by molar-refractivity contribution is 6.08. The SMILES string of the molecule is CCC(C)c1ccc2ccc3ccc(O)cc3c2c1. The first kappa shape index (κ1) is 12.0. The van der Waals surface area contributed by atoms with Gasteiger partial charge in [-0.15, -0.1) is 0 Å². The van der Waals surface area contributed by atoms with E-state index in [1.54, 1.807) is 6.07 Å². The van der Waals surface area contributed by atoms with Crippen molar-refractivity contribution in [2.75, 3.05) is 0 Å². The third-order valence-corrected chi connectivity index (χ3v) is 4.03. The average Bonchev–Trinajstić information content (AvgIpc) is 2.45. The van der Waals surface area contributed by atoms with E-state index in [0.717, 1.165) is 11.8 Å². The van der Waals surface area contributed by atoms with Gasteiger partial charge in [-0.3, -0.25) is 0 Å². The maximum Gasteiger partial charge on any atom is 0.116 e. The van der Waals surface area contributed by atoms with Crippen molar-refractivity contribution in [2.24, 2.45) is 0 Å². The molecule has 0 amide bonds. The van der Waals surface area contributed by atoms with Crippen molar-refractivity contribution in [2.45, 2.75) is 26.2 Å². The summed E-state index contributed by atoms with van der Waals surface area (Å²) >= 11 is 0. The fourth-order valence-corrected chi connectivity index (χ4v) is 2.60. The third kappa shape index (κ3) is 2.06. The highest BCUT2D eigenvalue weighted by Crippen LogP contribution is 2.31. The van der Waals surface area contributed by atoms with Crippen LogP contribution in [0.1, 0.15) is 31.7 Å². The van der Waals surface area contributed by atoms with Crippen LogP contribution in [0.5, 0.6) is 5.75 Å². The minimum atomic E-state index is 0.328. The van der Waals surface area contributed by atoms with Crippen molar-refractivity contribution in [3.8, 4) is 5.75 Å². The second kappa shape index (κ2) is 4.58. The zero-order valence-corrected chi connectivity index (χ0v) is 11.4. The van der Waals surface area contributed by atoms with Crippen LogP contribution in [0.2, 0.25) is 0 Å². The maximum atomic E-state index is 9.71. The molecule has 0 aliphatic heterocycles. The van der Waals surface area contributed by atoms with Gasteiger partial charge in [0.15, 0.2) is 0 Å². The van der Waals surface area contributed by atoms with Crippen molar-refractivity contribution in [1.82, 2.24) is 0 Å². The van der Waals surface area contributed by atoms with Gasteiger partial charge in [0.2, 0.25) is 0 Å². The summed E-state index contributed by atoms with van der Waals surface area (Å²) in [6.45, 7) is 4.47. The molecule has 0 aromatic heterocycles. The lowest BCUT2D eigenvalue weighted by Crippen LogP contribution is -1.91. The topological polar surface area (TPSA) is 20.2 Å². The average molecular weight is 250 g/mol. The Morgan fingerprint density at radius 3 is 2.16 bits per heavy atom. The quantitative estimate of drug-likeness (QED) is 0.619. The summed E-state index contributed by atoms with van der Waals surface area (Å²) in [5.74, 6) is 0.894. The van der Waals surface area contributed by atoms with Gasteiger partial charge in [-0.1, -0.05) is 50.2 Å². The Hall–Kier alpha value is -2.02. The van der Waals surface area contributed by atoms with Crippen molar-refractivity contribution >= 4 is 21.5 Å². The summed E-state index contributed by atoms with van der Waals surface area (Å²) in [4.78, 5) is 0. The van der Waals surface area contributed by atoms with E-state index in [-0.39, 0.29) is 0 Å². The van der Waals surface area contributed by atoms with Crippen LogP contribution in [0.3, 0.4) is 0 Å². The second-order valence-corrected chi connectivity index (χ2v) is 5.26. The van der Waals surface area contributed by atoms with Crippen LogP contribution >= 0.6 is 0 Å². The van der Waals surface area contributed by atoms with Gasteiger partial charge in [-0.2, -0.15) is 0 Å². The molecule has 0 radical (unpaired) electrons. The van der Waals surface area contributed by atoms with Gasteiger partial charge in [-0.05, 0) is 51.6 Å². The fourth-order valence-electron chi connectivity index (χ4n) is 2.60. The Morgan fingerprint density at radius 2 is 1.47 bits per heavy atom. The molecule has 1 heteroatoms. The predicted octanol–water partition coefficient (Wildman–Crippen LogP) is 5.21. The first-order chi connectivity index (χ1) is 9.19. The number of benzene rings is 3. The van der Waals surface area contributed by atoms with Crippen molar-refractivity contribution in [3.63, 3.8) is 0 Å². The van der Waals surface area contributed by atoms with Crippen LogP contribution < -0.4 is 0 Å². The summed E-state index contributed by atoms with van der Waals surface area (Å²) in [5.41, 5.74) is 1.37. The van der Waals surface area contributed by atoms with E-state index < -0.39 is 0 Å². The normalized spacial score (nSPS) is 12.9. The molecule has 96 valence electrons. The molecule has 1 nitrogen and oxygen atoms in total. The van der Waals surface area contributed by atoms with Gasteiger partial charge in [-0.25, -0.2) is 0 Å². The molecule has 0 aliphatic rings. The molecule has 3 aromatic carbocycles. The van der Waals surface area contributed by atoms with E-state index in [0.29, 0.717) is 11.7 Å². The zero-order valence-electron chi connectivity index (χ0n) is 11.4. The Labute approximate surface area is 113 Å². The molecule has 1 atom stereocenters. The summed E-state index contributed by atoms with van der Waals surface area (Å²) in [6.07, 6.45) is 1.14. The molecular formula is C18H18O. The van der Waals surface area contributed by atoms with Gasteiger partial charge in [0.25, 0.3) is 0 Å². The molecule has 3 aromatic rings. The number of phenols is 1. The smallest absolute Gasteiger partial charge is 0.116 e. The lowest BCUT2D eigenvalue weighted by molar-refractivity contribution is 0.476. The molecule has 0 heterocycles. The van der Waals surface area contributed by atoms with E-state index in [1.807, 2.05) is 12.1 Å². The van der Waals surface area contributed by atoms with E-state index in [9.17, 15) is 5.11 Å². The number of hydrogen-bond acceptors (Lipinski definition) is 1. The molecule has 1 unspecified atom stereocenters. The number of rotatable bonds is 2. The molecule has 0 aliphatic carbocycles. The maximum absolute atomic E-state index is 9.71. The Kier molecular flexibility index (Phi) is 2.90. The molecule has 0 fully saturated rings. The van der Waals surface area contributed by atoms with E-state index in [4.69, 9.17) is 0 Å². The van der Waals surface area contributed by atoms with E-state index in [2.05, 4.69) is 44.2 Å². The zero-order chi connectivity index (χ0) is 13.4. The largest absolute Gasteiger partial charge is 0.508 e. The number of hydrogen-bond donors (Lipinski definition) is 1. The molecular weight excluding hydrogens is 232 g/mol. The van der Waals surface area contributed by atoms with Crippen molar-refractivity contribution in [1.29, 1.82) is 0 Å². The lowest BCUT2D eigenvalue weighted by atomic mass is 9.93. The van der Waals surface area contributed by atoms with Crippen LogP contribution in [0.4, 0.5) is 0 Å². The monoisotopic (exact) mass is 250 g/mol. The fraction of sp³-hybridized carbons (Fsp3) is 0.222.